The molecule has 0 radical (unpaired) electrons. The SMILES string of the molecule is CC1(C(=O)N2CCN(Cc3ccccc3Br)CC2)CCNCC1. The van der Waals surface area contributed by atoms with Gasteiger partial charge in [0.2, 0.25) is 5.91 Å². The number of piperidine rings is 1. The van der Waals surface area contributed by atoms with Crippen molar-refractivity contribution in [2.45, 2.75) is 26.3 Å². The van der Waals surface area contributed by atoms with Gasteiger partial charge in [0.05, 0.1) is 0 Å². The molecule has 1 amide bonds. The smallest absolute Gasteiger partial charge is 0.228 e. The minimum absolute atomic E-state index is 0.157. The topological polar surface area (TPSA) is 35.6 Å². The Morgan fingerprint density at radius 1 is 1.17 bits per heavy atom. The van der Waals surface area contributed by atoms with Gasteiger partial charge in [0.1, 0.15) is 0 Å². The third-order valence-electron chi connectivity index (χ3n) is 5.23. The number of benzene rings is 1. The molecule has 126 valence electrons. The summed E-state index contributed by atoms with van der Waals surface area (Å²) in [4.78, 5) is 17.4. The number of rotatable bonds is 3. The van der Waals surface area contributed by atoms with E-state index in [1.807, 2.05) is 6.07 Å². The molecule has 2 aliphatic rings. The summed E-state index contributed by atoms with van der Waals surface area (Å²) < 4.78 is 1.17. The van der Waals surface area contributed by atoms with Gasteiger partial charge in [-0.05, 0) is 37.6 Å². The van der Waals surface area contributed by atoms with Gasteiger partial charge < -0.3 is 10.2 Å². The van der Waals surface area contributed by atoms with Gasteiger partial charge >= 0.3 is 0 Å². The van der Waals surface area contributed by atoms with Crippen LogP contribution in [0, 0.1) is 5.41 Å². The molecule has 4 nitrogen and oxygen atoms in total. The van der Waals surface area contributed by atoms with E-state index in [-0.39, 0.29) is 5.41 Å². The molecule has 2 heterocycles. The van der Waals surface area contributed by atoms with E-state index >= 15 is 0 Å². The lowest BCUT2D eigenvalue weighted by atomic mass is 9.79. The molecule has 5 heteroatoms. The van der Waals surface area contributed by atoms with E-state index in [0.29, 0.717) is 5.91 Å². The summed E-state index contributed by atoms with van der Waals surface area (Å²) in [5, 5.41) is 3.35. The molecule has 0 saturated carbocycles. The Labute approximate surface area is 147 Å². The molecule has 1 N–H and O–H groups in total. The van der Waals surface area contributed by atoms with Crippen LogP contribution >= 0.6 is 15.9 Å². The van der Waals surface area contributed by atoms with Crippen LogP contribution in [0.25, 0.3) is 0 Å². The molecule has 2 fully saturated rings. The van der Waals surface area contributed by atoms with Crippen LogP contribution in [-0.4, -0.2) is 55.0 Å². The van der Waals surface area contributed by atoms with Crippen molar-refractivity contribution in [3.63, 3.8) is 0 Å². The number of hydrogen-bond donors (Lipinski definition) is 1. The third-order valence-corrected chi connectivity index (χ3v) is 6.01. The second-order valence-electron chi connectivity index (χ2n) is 6.97. The lowest BCUT2D eigenvalue weighted by Crippen LogP contribution is -2.54. The highest BCUT2D eigenvalue weighted by molar-refractivity contribution is 9.10. The Morgan fingerprint density at radius 3 is 2.48 bits per heavy atom. The van der Waals surface area contributed by atoms with Crippen molar-refractivity contribution in [3.8, 4) is 0 Å². The van der Waals surface area contributed by atoms with Gasteiger partial charge in [-0.1, -0.05) is 41.1 Å². The number of carbonyl (C=O) groups excluding carboxylic acids is 1. The van der Waals surface area contributed by atoms with Crippen LogP contribution in [0.5, 0.6) is 0 Å². The zero-order chi connectivity index (χ0) is 16.3. The van der Waals surface area contributed by atoms with Crippen LogP contribution in [-0.2, 0) is 11.3 Å². The highest BCUT2D eigenvalue weighted by Gasteiger charge is 2.38. The number of nitrogens with one attached hydrogen (secondary N) is 1. The summed E-state index contributed by atoms with van der Waals surface area (Å²) in [6.07, 6.45) is 1.92. The first-order valence-corrected chi connectivity index (χ1v) is 9.34. The van der Waals surface area contributed by atoms with Crippen molar-refractivity contribution in [2.75, 3.05) is 39.3 Å². The lowest BCUT2D eigenvalue weighted by molar-refractivity contribution is -0.144. The second kappa shape index (κ2) is 7.32. The summed E-state index contributed by atoms with van der Waals surface area (Å²) in [5.74, 6) is 0.361. The van der Waals surface area contributed by atoms with E-state index in [4.69, 9.17) is 0 Å². The number of carbonyl (C=O) groups is 1. The molecule has 23 heavy (non-hydrogen) atoms. The molecule has 2 aliphatic heterocycles. The lowest BCUT2D eigenvalue weighted by Gasteiger charge is -2.41. The fraction of sp³-hybridized carbons (Fsp3) is 0.611. The highest BCUT2D eigenvalue weighted by atomic mass is 79.9. The summed E-state index contributed by atoms with van der Waals surface area (Å²) in [5.41, 5.74) is 1.16. The average molecular weight is 380 g/mol. The number of nitrogens with zero attached hydrogens (tertiary/aromatic N) is 2. The van der Waals surface area contributed by atoms with Crippen LogP contribution in [0.4, 0.5) is 0 Å². The van der Waals surface area contributed by atoms with E-state index in [1.165, 1.54) is 10.0 Å². The molecule has 0 bridgehead atoms. The Hall–Kier alpha value is -0.910. The van der Waals surface area contributed by atoms with E-state index in [0.717, 1.165) is 58.7 Å². The standard InChI is InChI=1S/C18H26BrN3O/c1-18(6-8-20-9-7-18)17(23)22-12-10-21(11-13-22)14-15-4-2-3-5-16(15)19/h2-5,20H,6-14H2,1H3. The monoisotopic (exact) mass is 379 g/mol. The van der Waals surface area contributed by atoms with Gasteiger partial charge in [0.25, 0.3) is 0 Å². The average Bonchev–Trinajstić information content (AvgIpc) is 2.58. The normalized spacial score (nSPS) is 22.1. The second-order valence-corrected chi connectivity index (χ2v) is 7.82. The Bertz CT molecular complexity index is 549. The molecular formula is C18H26BrN3O. The van der Waals surface area contributed by atoms with Gasteiger partial charge in [0.15, 0.2) is 0 Å². The number of hydrogen-bond acceptors (Lipinski definition) is 3. The Morgan fingerprint density at radius 2 is 1.83 bits per heavy atom. The van der Waals surface area contributed by atoms with Crippen molar-refractivity contribution in [1.82, 2.24) is 15.1 Å². The first-order chi connectivity index (χ1) is 11.1. The minimum atomic E-state index is -0.157. The van der Waals surface area contributed by atoms with Crippen molar-refractivity contribution in [1.29, 1.82) is 0 Å². The third kappa shape index (κ3) is 3.95. The number of amides is 1. The number of halogens is 1. The molecular weight excluding hydrogens is 354 g/mol. The van der Waals surface area contributed by atoms with Crippen molar-refractivity contribution < 1.29 is 4.79 Å². The van der Waals surface area contributed by atoms with Crippen LogP contribution in [0.3, 0.4) is 0 Å². The Kier molecular flexibility index (Phi) is 5.39. The van der Waals surface area contributed by atoms with E-state index in [2.05, 4.69) is 56.2 Å². The molecule has 0 spiro atoms. The largest absolute Gasteiger partial charge is 0.340 e. The summed E-state index contributed by atoms with van der Waals surface area (Å²) >= 11 is 3.62. The molecule has 1 aromatic carbocycles. The van der Waals surface area contributed by atoms with Crippen LogP contribution in [0.1, 0.15) is 25.3 Å². The molecule has 0 aromatic heterocycles. The molecule has 2 saturated heterocycles. The van der Waals surface area contributed by atoms with Gasteiger partial charge in [0, 0.05) is 42.6 Å². The first-order valence-electron chi connectivity index (χ1n) is 8.54. The number of piperazine rings is 1. The Balaban J connectivity index is 1.54. The zero-order valence-electron chi connectivity index (χ0n) is 13.9. The van der Waals surface area contributed by atoms with Crippen molar-refractivity contribution >= 4 is 21.8 Å². The maximum absolute atomic E-state index is 12.9. The first kappa shape index (κ1) is 16.9. The maximum atomic E-state index is 12.9. The predicted molar refractivity (Wildman–Crippen MR) is 96.2 cm³/mol. The quantitative estimate of drug-likeness (QED) is 0.875. The summed E-state index contributed by atoms with van der Waals surface area (Å²) in [7, 11) is 0. The predicted octanol–water partition coefficient (Wildman–Crippen LogP) is 2.48. The van der Waals surface area contributed by atoms with E-state index in [1.54, 1.807) is 0 Å². The molecule has 0 aliphatic carbocycles. The summed E-state index contributed by atoms with van der Waals surface area (Å²) in [6.45, 7) is 8.64. The fourth-order valence-electron chi connectivity index (χ4n) is 3.55. The molecule has 0 unspecified atom stereocenters. The minimum Gasteiger partial charge on any atom is -0.340 e. The maximum Gasteiger partial charge on any atom is 0.228 e. The molecule has 0 atom stereocenters. The van der Waals surface area contributed by atoms with Gasteiger partial charge in [-0.25, -0.2) is 0 Å². The van der Waals surface area contributed by atoms with Crippen LogP contribution in [0.2, 0.25) is 0 Å². The fourth-order valence-corrected chi connectivity index (χ4v) is 3.96. The van der Waals surface area contributed by atoms with Crippen LogP contribution in [0.15, 0.2) is 28.7 Å². The van der Waals surface area contributed by atoms with Crippen LogP contribution < -0.4 is 5.32 Å². The van der Waals surface area contributed by atoms with Gasteiger partial charge in [-0.3, -0.25) is 9.69 Å². The van der Waals surface area contributed by atoms with Gasteiger partial charge in [-0.15, -0.1) is 0 Å². The summed E-state index contributed by atoms with van der Waals surface area (Å²) in [6, 6.07) is 8.38. The van der Waals surface area contributed by atoms with E-state index < -0.39 is 0 Å². The molecule has 1 aromatic rings. The highest BCUT2D eigenvalue weighted by Crippen LogP contribution is 2.31. The van der Waals surface area contributed by atoms with Crippen molar-refractivity contribution in [3.05, 3.63) is 34.3 Å². The van der Waals surface area contributed by atoms with E-state index in [9.17, 15) is 4.79 Å². The van der Waals surface area contributed by atoms with Gasteiger partial charge in [-0.2, -0.15) is 0 Å². The van der Waals surface area contributed by atoms with Crippen molar-refractivity contribution in [2.24, 2.45) is 5.41 Å². The zero-order valence-corrected chi connectivity index (χ0v) is 15.4. The molecule has 3 rings (SSSR count).